The van der Waals surface area contributed by atoms with Crippen LogP contribution in [-0.2, 0) is 0 Å². The zero-order valence-electron chi connectivity index (χ0n) is 8.23. The lowest BCUT2D eigenvalue weighted by atomic mass is 10.1. The smallest absolute Gasteiger partial charge is 0.00773 e. The van der Waals surface area contributed by atoms with Gasteiger partial charge in [0.15, 0.2) is 0 Å². The Balaban J connectivity index is 2.73. The molecule has 0 bridgehead atoms. The zero-order chi connectivity index (χ0) is 9.07. The Bertz CT molecular complexity index is 66.2. The third-order valence-corrected chi connectivity index (χ3v) is 2.57. The fraction of sp³-hybridized carbons (Fsp3) is 1.00. The molecule has 2 N–H and O–H groups in total. The average Bonchev–Trinajstić information content (AvgIpc) is 2.10. The highest BCUT2D eigenvalue weighted by molar-refractivity contribution is 7.16. The maximum Gasteiger partial charge on any atom is -0.00773 e. The van der Waals surface area contributed by atoms with Crippen molar-refractivity contribution in [1.29, 1.82) is 0 Å². The maximum atomic E-state index is 5.41. The summed E-state index contributed by atoms with van der Waals surface area (Å²) >= 11 is 0. The van der Waals surface area contributed by atoms with Crippen molar-refractivity contribution < 1.29 is 0 Å². The molecule has 0 aliphatic carbocycles. The Morgan fingerprint density at radius 1 is 0.667 bits per heavy atom. The van der Waals surface area contributed by atoms with Gasteiger partial charge in [0.2, 0.25) is 0 Å². The van der Waals surface area contributed by atoms with Gasteiger partial charge in [-0.1, -0.05) is 38.5 Å². The van der Waals surface area contributed by atoms with E-state index in [0.29, 0.717) is 0 Å². The van der Waals surface area contributed by atoms with Crippen LogP contribution in [0.4, 0.5) is 0 Å². The molecule has 0 fully saturated rings. The first-order valence-electron chi connectivity index (χ1n) is 5.32. The van der Waals surface area contributed by atoms with E-state index in [9.17, 15) is 0 Å². The van der Waals surface area contributed by atoms with Crippen LogP contribution in [0.5, 0.6) is 0 Å². The fourth-order valence-electron chi connectivity index (χ4n) is 1.35. The second-order valence-corrected chi connectivity index (χ2v) is 3.98. The van der Waals surface area contributed by atoms with Gasteiger partial charge in [-0.25, -0.2) is 0 Å². The first-order valence-corrected chi connectivity index (χ1v) is 6.13. The van der Waals surface area contributed by atoms with E-state index in [0.717, 1.165) is 6.54 Å². The van der Waals surface area contributed by atoms with E-state index in [4.69, 9.17) is 5.73 Å². The Kier molecular flexibility index (Phi) is 11.8. The molecule has 1 nitrogen and oxygen atoms in total. The van der Waals surface area contributed by atoms with E-state index in [1.807, 2.05) is 0 Å². The lowest BCUT2D eigenvalue weighted by molar-refractivity contribution is 0.579. The molecular formula is C10H24NP. The predicted molar refractivity (Wildman–Crippen MR) is 60.6 cm³/mol. The van der Waals surface area contributed by atoms with Gasteiger partial charge in [0.1, 0.15) is 0 Å². The van der Waals surface area contributed by atoms with Crippen molar-refractivity contribution >= 4 is 9.24 Å². The highest BCUT2D eigenvalue weighted by Gasteiger charge is 1.90. The lowest BCUT2D eigenvalue weighted by Gasteiger charge is -1.99. The van der Waals surface area contributed by atoms with Crippen LogP contribution in [0.1, 0.15) is 51.4 Å². The van der Waals surface area contributed by atoms with Crippen LogP contribution in [0.2, 0.25) is 0 Å². The first-order chi connectivity index (χ1) is 5.91. The van der Waals surface area contributed by atoms with Crippen LogP contribution in [0.15, 0.2) is 0 Å². The monoisotopic (exact) mass is 189 g/mol. The van der Waals surface area contributed by atoms with Crippen molar-refractivity contribution in [2.75, 3.05) is 12.7 Å². The summed E-state index contributed by atoms with van der Waals surface area (Å²) < 4.78 is 0. The minimum absolute atomic E-state index is 0.868. The molecule has 0 heterocycles. The van der Waals surface area contributed by atoms with Crippen LogP contribution in [0, 0.1) is 0 Å². The average molecular weight is 189 g/mol. The summed E-state index contributed by atoms with van der Waals surface area (Å²) in [6.07, 6.45) is 12.3. The summed E-state index contributed by atoms with van der Waals surface area (Å²) in [7, 11) is 2.79. The second kappa shape index (κ2) is 11.4. The molecule has 1 atom stereocenters. The van der Waals surface area contributed by atoms with Crippen molar-refractivity contribution in [3.8, 4) is 0 Å². The summed E-state index contributed by atoms with van der Waals surface area (Å²) in [5.41, 5.74) is 5.41. The molecule has 1 unspecified atom stereocenters. The Morgan fingerprint density at radius 2 is 1.08 bits per heavy atom. The molecule has 0 radical (unpaired) electrons. The quantitative estimate of drug-likeness (QED) is 0.438. The Morgan fingerprint density at radius 3 is 1.50 bits per heavy atom. The second-order valence-electron chi connectivity index (χ2n) is 3.41. The number of hydrogen-bond acceptors (Lipinski definition) is 1. The van der Waals surface area contributed by atoms with Gasteiger partial charge >= 0.3 is 0 Å². The molecule has 2 heteroatoms. The van der Waals surface area contributed by atoms with Gasteiger partial charge in [-0.05, 0) is 25.5 Å². The first kappa shape index (κ1) is 12.4. The van der Waals surface area contributed by atoms with Crippen LogP contribution in [0.3, 0.4) is 0 Å². The van der Waals surface area contributed by atoms with Crippen LogP contribution >= 0.6 is 9.24 Å². The molecular weight excluding hydrogens is 165 g/mol. The van der Waals surface area contributed by atoms with E-state index in [1.165, 1.54) is 57.5 Å². The summed E-state index contributed by atoms with van der Waals surface area (Å²) in [4.78, 5) is 0. The lowest BCUT2D eigenvalue weighted by Crippen LogP contribution is -1.97. The molecule has 74 valence electrons. The minimum Gasteiger partial charge on any atom is -0.330 e. The van der Waals surface area contributed by atoms with Crippen molar-refractivity contribution in [2.45, 2.75) is 51.4 Å². The largest absolute Gasteiger partial charge is 0.330 e. The molecule has 0 amide bonds. The minimum atomic E-state index is 0.868. The highest BCUT2D eigenvalue weighted by atomic mass is 31.0. The molecule has 12 heavy (non-hydrogen) atoms. The van der Waals surface area contributed by atoms with E-state index < -0.39 is 0 Å². The van der Waals surface area contributed by atoms with Gasteiger partial charge in [-0.2, -0.15) is 0 Å². The van der Waals surface area contributed by atoms with Crippen molar-refractivity contribution in [3.63, 3.8) is 0 Å². The van der Waals surface area contributed by atoms with E-state index in [1.54, 1.807) is 0 Å². The standard InChI is InChI=1S/C10H24NP/c11-9-7-5-3-1-2-4-6-8-10-12/h1-12H2. The summed E-state index contributed by atoms with van der Waals surface area (Å²) in [6, 6.07) is 0. The normalized spacial score (nSPS) is 10.5. The van der Waals surface area contributed by atoms with Crippen molar-refractivity contribution in [1.82, 2.24) is 0 Å². The zero-order valence-corrected chi connectivity index (χ0v) is 9.38. The van der Waals surface area contributed by atoms with E-state index in [-0.39, 0.29) is 0 Å². The molecule has 0 rings (SSSR count). The predicted octanol–water partition coefficient (Wildman–Crippen LogP) is 2.94. The molecule has 0 spiro atoms. The SMILES string of the molecule is NCCCCCCCCCCP. The summed E-state index contributed by atoms with van der Waals surface area (Å²) in [5, 5.41) is 0. The molecule has 0 saturated heterocycles. The summed E-state index contributed by atoms with van der Waals surface area (Å²) in [6.45, 7) is 0.868. The number of rotatable bonds is 9. The third-order valence-electron chi connectivity index (χ3n) is 2.16. The van der Waals surface area contributed by atoms with Gasteiger partial charge in [0, 0.05) is 0 Å². The Labute approximate surface area is 79.7 Å². The third kappa shape index (κ3) is 10.4. The number of hydrogen-bond donors (Lipinski definition) is 1. The number of nitrogens with two attached hydrogens (primary N) is 1. The molecule has 0 aliphatic heterocycles. The van der Waals surface area contributed by atoms with Gasteiger partial charge < -0.3 is 5.73 Å². The topological polar surface area (TPSA) is 26.0 Å². The molecule has 0 aromatic carbocycles. The molecule has 0 aromatic heterocycles. The highest BCUT2D eigenvalue weighted by Crippen LogP contribution is 2.08. The van der Waals surface area contributed by atoms with Gasteiger partial charge in [0.05, 0.1) is 0 Å². The molecule has 0 aliphatic rings. The van der Waals surface area contributed by atoms with Gasteiger partial charge in [-0.3, -0.25) is 0 Å². The fourth-order valence-corrected chi connectivity index (χ4v) is 1.64. The van der Waals surface area contributed by atoms with Gasteiger partial charge in [0.25, 0.3) is 0 Å². The van der Waals surface area contributed by atoms with Crippen molar-refractivity contribution in [2.24, 2.45) is 5.73 Å². The van der Waals surface area contributed by atoms with E-state index in [2.05, 4.69) is 9.24 Å². The van der Waals surface area contributed by atoms with Crippen LogP contribution < -0.4 is 5.73 Å². The maximum absolute atomic E-state index is 5.41. The van der Waals surface area contributed by atoms with Crippen molar-refractivity contribution in [3.05, 3.63) is 0 Å². The summed E-state index contributed by atoms with van der Waals surface area (Å²) in [5.74, 6) is 0. The number of unbranched alkanes of at least 4 members (excludes halogenated alkanes) is 7. The molecule has 0 aromatic rings. The van der Waals surface area contributed by atoms with Gasteiger partial charge in [-0.15, -0.1) is 9.24 Å². The van der Waals surface area contributed by atoms with E-state index >= 15 is 0 Å². The molecule has 0 saturated carbocycles. The van der Waals surface area contributed by atoms with Crippen LogP contribution in [-0.4, -0.2) is 12.7 Å². The van der Waals surface area contributed by atoms with Crippen LogP contribution in [0.25, 0.3) is 0 Å². The Hall–Kier alpha value is 0.390.